The molecule has 4 atom stereocenters. The lowest BCUT2D eigenvalue weighted by Crippen LogP contribution is -2.72. The number of amides is 1. The van der Waals surface area contributed by atoms with Gasteiger partial charge < -0.3 is 31.1 Å². The molecule has 1 aromatic rings. The second-order valence-electron chi connectivity index (χ2n) is 13.2. The number of sulfonamides is 1. The van der Waals surface area contributed by atoms with Crippen LogP contribution in [-0.2, 0) is 30.8 Å². The Morgan fingerprint density at radius 1 is 1.16 bits per heavy atom. The molecule has 0 bridgehead atoms. The molecule has 0 heterocycles. The highest BCUT2D eigenvalue weighted by molar-refractivity contribution is 7.90. The summed E-state index contributed by atoms with van der Waals surface area (Å²) in [6.07, 6.45) is -0.0272. The van der Waals surface area contributed by atoms with Crippen molar-refractivity contribution in [3.05, 3.63) is 39.7 Å². The lowest BCUT2D eigenvalue weighted by molar-refractivity contribution is -0.175. The second kappa shape index (κ2) is 10.9. The Hall–Kier alpha value is -3.90. The van der Waals surface area contributed by atoms with Gasteiger partial charge in [0.05, 0.1) is 29.0 Å². The quantitative estimate of drug-likeness (QED) is 0.185. The number of carbonyl (C=O) groups is 3. The molecule has 1 aromatic carbocycles. The van der Waals surface area contributed by atoms with Crippen molar-refractivity contribution >= 4 is 38.9 Å². The van der Waals surface area contributed by atoms with Crippen molar-refractivity contribution in [1.82, 2.24) is 9.62 Å². The number of ketones is 2. The van der Waals surface area contributed by atoms with Crippen LogP contribution in [0.5, 0.6) is 5.75 Å². The number of Topliss-reactive ketones (excluding diaryl/α,β-unsaturated/α-hetero) is 2. The van der Waals surface area contributed by atoms with E-state index in [9.17, 15) is 43.2 Å². The van der Waals surface area contributed by atoms with E-state index in [1.165, 1.54) is 25.7 Å². The fourth-order valence-electron chi connectivity index (χ4n) is 7.31. The number of hydrogen-bond donors (Lipinski definition) is 6. The smallest absolute Gasteiger partial charge is 0.255 e. The summed E-state index contributed by atoms with van der Waals surface area (Å²) in [6.45, 7) is 5.95. The Morgan fingerprint density at radius 3 is 2.27 bits per heavy atom. The summed E-state index contributed by atoms with van der Waals surface area (Å²) in [5.74, 6) is -0.221. The number of aromatic hydroxyl groups is 1. The Kier molecular flexibility index (Phi) is 8.21. The minimum Gasteiger partial charge on any atom is -0.508 e. The zero-order valence-electron chi connectivity index (χ0n) is 26.6. The van der Waals surface area contributed by atoms with Crippen LogP contribution >= 0.6 is 0 Å². The van der Waals surface area contributed by atoms with Crippen LogP contribution in [0.25, 0.3) is 5.76 Å². The zero-order chi connectivity index (χ0) is 34.2. The van der Waals surface area contributed by atoms with Crippen LogP contribution in [0.15, 0.2) is 23.0 Å². The van der Waals surface area contributed by atoms with Gasteiger partial charge in [-0.15, -0.1) is 0 Å². The van der Waals surface area contributed by atoms with Gasteiger partial charge in [-0.25, -0.2) is 13.1 Å². The number of nitrogens with two attached hydrogens (primary N) is 1. The van der Waals surface area contributed by atoms with Gasteiger partial charge >= 0.3 is 0 Å². The highest BCUT2D eigenvalue weighted by Crippen LogP contribution is 2.63. The largest absolute Gasteiger partial charge is 0.508 e. The van der Waals surface area contributed by atoms with E-state index in [1.807, 2.05) is 0 Å². The molecule has 45 heavy (non-hydrogen) atoms. The number of primary amides is 1. The summed E-state index contributed by atoms with van der Waals surface area (Å²) >= 11 is 0. The van der Waals surface area contributed by atoms with Crippen LogP contribution in [-0.4, -0.2) is 103 Å². The number of nitrogens with zero attached hydrogens (tertiary/aromatic N) is 2. The second-order valence-corrected chi connectivity index (χ2v) is 15.5. The van der Waals surface area contributed by atoms with Gasteiger partial charge in [-0.2, -0.15) is 0 Å². The Bertz CT molecular complexity index is 1770. The summed E-state index contributed by atoms with van der Waals surface area (Å²) in [5, 5.41) is 45.9. The van der Waals surface area contributed by atoms with Gasteiger partial charge in [0.2, 0.25) is 15.8 Å². The van der Waals surface area contributed by atoms with Gasteiger partial charge in [0.15, 0.2) is 11.4 Å². The molecule has 13 nitrogen and oxygen atoms in total. The number of benzene rings is 1. The monoisotopic (exact) mass is 644 g/mol. The van der Waals surface area contributed by atoms with Gasteiger partial charge in [-0.1, -0.05) is 25.7 Å². The molecule has 3 aliphatic carbocycles. The molecule has 4 rings (SSSR count). The molecule has 1 amide bonds. The normalized spacial score (nSPS) is 28.0. The van der Waals surface area contributed by atoms with E-state index in [4.69, 9.17) is 5.73 Å². The van der Waals surface area contributed by atoms with Crippen molar-refractivity contribution in [2.24, 2.45) is 16.6 Å². The zero-order valence-corrected chi connectivity index (χ0v) is 27.4. The topological polar surface area (TPSA) is 211 Å². The number of phenols is 1. The predicted molar refractivity (Wildman–Crippen MR) is 167 cm³/mol. The molecular weight excluding hydrogens is 604 g/mol. The van der Waals surface area contributed by atoms with E-state index in [-0.39, 0.29) is 36.1 Å². The molecule has 7 N–H and O–H groups in total. The fraction of sp³-hybridized carbons (Fsp3) is 0.516. The van der Waals surface area contributed by atoms with E-state index in [1.54, 1.807) is 46.1 Å². The van der Waals surface area contributed by atoms with Gasteiger partial charge in [0.1, 0.15) is 22.8 Å². The van der Waals surface area contributed by atoms with Gasteiger partial charge in [0, 0.05) is 36.2 Å². The number of hydrogen-bond acceptors (Lipinski definition) is 11. The average molecular weight is 645 g/mol. The van der Waals surface area contributed by atoms with E-state index in [0.717, 1.165) is 0 Å². The minimum atomic E-state index is -3.59. The third-order valence-electron chi connectivity index (χ3n) is 9.30. The molecule has 1 saturated carbocycles. The Labute approximate surface area is 262 Å². The standard InChI is InChI=1S/C31H40N4O9S/c1-15(2)45(43,44)33-11-9-10-16-12-18(34(5)6)17-13-29(3)14-30(4)25(35(7)8)24(38)20(28(32)41)26(39)31(30,42)27(40)21(29)23(37)19(17)22(16)36/h12,15,25,33,36-37,39,42H,11,13-14H2,1-8H3,(H2,32,41)/t25-,29+,30+,31-/m1/s1. The maximum absolute atomic E-state index is 14.4. The first-order valence-electron chi connectivity index (χ1n) is 14.3. The molecule has 0 unspecified atom stereocenters. The van der Waals surface area contributed by atoms with E-state index < -0.39 is 78.1 Å². The highest BCUT2D eigenvalue weighted by Gasteiger charge is 2.72. The Morgan fingerprint density at radius 2 is 1.76 bits per heavy atom. The lowest BCUT2D eigenvalue weighted by Gasteiger charge is -2.59. The number of nitrogens with one attached hydrogen (secondary N) is 1. The maximum atomic E-state index is 14.4. The van der Waals surface area contributed by atoms with Crippen LogP contribution in [0.1, 0.15) is 50.8 Å². The van der Waals surface area contributed by atoms with Crippen molar-refractivity contribution in [3.63, 3.8) is 0 Å². The molecule has 0 saturated heterocycles. The van der Waals surface area contributed by atoms with Crippen molar-refractivity contribution < 1.29 is 43.2 Å². The third-order valence-corrected chi connectivity index (χ3v) is 11.1. The molecular formula is C31H40N4O9S. The van der Waals surface area contributed by atoms with Crippen molar-refractivity contribution in [1.29, 1.82) is 0 Å². The number of phenolic OH excluding ortho intramolecular Hbond substituents is 1. The van der Waals surface area contributed by atoms with Crippen LogP contribution < -0.4 is 15.4 Å². The van der Waals surface area contributed by atoms with Crippen molar-refractivity contribution in [2.75, 3.05) is 39.6 Å². The molecule has 0 aromatic heterocycles. The third kappa shape index (κ3) is 4.80. The number of aliphatic hydroxyl groups excluding tert-OH is 2. The number of aliphatic hydroxyl groups is 3. The average Bonchev–Trinajstić information content (AvgIpc) is 2.88. The summed E-state index contributed by atoms with van der Waals surface area (Å²) in [6, 6.07) is 0.336. The number of rotatable bonds is 6. The molecule has 244 valence electrons. The van der Waals surface area contributed by atoms with E-state index >= 15 is 0 Å². The van der Waals surface area contributed by atoms with E-state index in [2.05, 4.69) is 16.6 Å². The number of likely N-dealkylation sites (N-methyl/N-ethyl adjacent to an activating group) is 1. The minimum absolute atomic E-state index is 0.0402. The van der Waals surface area contributed by atoms with Crippen molar-refractivity contribution in [3.8, 4) is 17.6 Å². The van der Waals surface area contributed by atoms with Crippen LogP contribution in [0.2, 0.25) is 0 Å². The summed E-state index contributed by atoms with van der Waals surface area (Å²) in [4.78, 5) is 43.5. The number of anilines is 1. The van der Waals surface area contributed by atoms with Gasteiger partial charge in [-0.3, -0.25) is 19.3 Å². The van der Waals surface area contributed by atoms with E-state index in [0.29, 0.717) is 11.3 Å². The summed E-state index contributed by atoms with van der Waals surface area (Å²) in [7, 11) is 2.97. The molecule has 0 aliphatic heterocycles. The first-order valence-corrected chi connectivity index (χ1v) is 15.8. The van der Waals surface area contributed by atoms with Gasteiger partial charge in [0.25, 0.3) is 5.91 Å². The molecule has 0 radical (unpaired) electrons. The number of fused-ring (bicyclic) bond motifs is 3. The Balaban J connectivity index is 1.98. The van der Waals surface area contributed by atoms with Crippen LogP contribution in [0.3, 0.4) is 0 Å². The lowest BCUT2D eigenvalue weighted by atomic mass is 9.46. The molecule has 14 heteroatoms. The van der Waals surface area contributed by atoms with Crippen LogP contribution in [0.4, 0.5) is 5.69 Å². The first kappa shape index (κ1) is 34.0. The van der Waals surface area contributed by atoms with Crippen LogP contribution in [0, 0.1) is 22.7 Å². The maximum Gasteiger partial charge on any atom is 0.255 e. The highest BCUT2D eigenvalue weighted by atomic mass is 32.2. The molecule has 0 spiro atoms. The molecule has 3 aliphatic rings. The van der Waals surface area contributed by atoms with Crippen molar-refractivity contribution in [2.45, 2.75) is 57.4 Å². The summed E-state index contributed by atoms with van der Waals surface area (Å²) < 4.78 is 26.5. The van der Waals surface area contributed by atoms with Gasteiger partial charge in [-0.05, 0) is 52.4 Å². The molecule has 1 fully saturated rings. The predicted octanol–water partition coefficient (Wildman–Crippen LogP) is 0.490. The first-order chi connectivity index (χ1) is 20.6. The number of carbonyl (C=O) groups excluding carboxylic acids is 3. The fourth-order valence-corrected chi connectivity index (χ4v) is 7.91. The summed E-state index contributed by atoms with van der Waals surface area (Å²) in [5.41, 5.74) is -0.554. The SMILES string of the molecule is CC(C)S(=O)(=O)NCC#Cc1cc(N(C)C)c2c(c1O)C(O)=C1C(=O)[C@]3(O)C(O)=C(C(N)=O)C(=O)[C@@H](N(C)C)[C@]3(C)C[C@]1(C)C2.